The summed E-state index contributed by atoms with van der Waals surface area (Å²) in [6, 6.07) is 0.664. The molecule has 1 atom stereocenters. The molecule has 1 saturated heterocycles. The third-order valence-corrected chi connectivity index (χ3v) is 3.71. The van der Waals surface area contributed by atoms with Crippen molar-refractivity contribution in [2.75, 3.05) is 12.0 Å². The van der Waals surface area contributed by atoms with Gasteiger partial charge in [-0.25, -0.2) is 5.84 Å². The SMILES string of the molecule is CC1CCCCN1Cc1nnc(NN)s1. The van der Waals surface area contributed by atoms with Gasteiger partial charge < -0.3 is 0 Å². The number of hydrogen-bond donors (Lipinski definition) is 2. The molecule has 3 N–H and O–H groups in total. The molecule has 2 heterocycles. The first-order valence-corrected chi connectivity index (χ1v) is 6.14. The zero-order valence-corrected chi connectivity index (χ0v) is 9.76. The van der Waals surface area contributed by atoms with E-state index in [0.29, 0.717) is 11.2 Å². The van der Waals surface area contributed by atoms with E-state index in [9.17, 15) is 0 Å². The Morgan fingerprint density at radius 2 is 2.40 bits per heavy atom. The lowest BCUT2D eigenvalue weighted by Gasteiger charge is -2.32. The number of piperidine rings is 1. The Hall–Kier alpha value is -0.720. The van der Waals surface area contributed by atoms with Crippen molar-refractivity contribution in [3.05, 3.63) is 5.01 Å². The van der Waals surface area contributed by atoms with Crippen LogP contribution in [-0.2, 0) is 6.54 Å². The molecule has 1 aromatic heterocycles. The van der Waals surface area contributed by atoms with Gasteiger partial charge in [-0.05, 0) is 26.3 Å². The van der Waals surface area contributed by atoms with Crippen molar-refractivity contribution in [2.24, 2.45) is 5.84 Å². The Bertz CT molecular complexity index is 313. The number of nitrogens with one attached hydrogen (secondary N) is 1. The van der Waals surface area contributed by atoms with Gasteiger partial charge in [0.25, 0.3) is 0 Å². The van der Waals surface area contributed by atoms with E-state index in [1.165, 1.54) is 37.1 Å². The van der Waals surface area contributed by atoms with Crippen LogP contribution < -0.4 is 11.3 Å². The minimum Gasteiger partial charge on any atom is -0.298 e. The number of rotatable bonds is 3. The highest BCUT2D eigenvalue weighted by molar-refractivity contribution is 7.15. The van der Waals surface area contributed by atoms with Crippen molar-refractivity contribution in [1.82, 2.24) is 15.1 Å². The third kappa shape index (κ3) is 2.64. The summed E-state index contributed by atoms with van der Waals surface area (Å²) in [6.07, 6.45) is 3.94. The fourth-order valence-corrected chi connectivity index (χ4v) is 2.62. The zero-order chi connectivity index (χ0) is 10.7. The molecule has 0 aromatic carbocycles. The second-order valence-corrected chi connectivity index (χ2v) is 5.02. The summed E-state index contributed by atoms with van der Waals surface area (Å²) in [7, 11) is 0. The van der Waals surface area contributed by atoms with Crippen LogP contribution in [0.1, 0.15) is 31.2 Å². The zero-order valence-electron chi connectivity index (χ0n) is 8.94. The van der Waals surface area contributed by atoms with E-state index in [0.717, 1.165) is 11.6 Å². The van der Waals surface area contributed by atoms with E-state index >= 15 is 0 Å². The lowest BCUT2D eigenvalue weighted by atomic mass is 10.0. The largest absolute Gasteiger partial charge is 0.298 e. The lowest BCUT2D eigenvalue weighted by molar-refractivity contribution is 0.152. The van der Waals surface area contributed by atoms with Gasteiger partial charge in [0.05, 0.1) is 6.54 Å². The lowest BCUT2D eigenvalue weighted by Crippen LogP contribution is -2.36. The van der Waals surface area contributed by atoms with E-state index in [1.807, 2.05) is 0 Å². The van der Waals surface area contributed by atoms with E-state index in [2.05, 4.69) is 27.4 Å². The fourth-order valence-electron chi connectivity index (χ4n) is 1.94. The number of hydrazine groups is 1. The van der Waals surface area contributed by atoms with Crippen molar-refractivity contribution in [3.8, 4) is 0 Å². The molecule has 1 fully saturated rings. The highest BCUT2D eigenvalue weighted by atomic mass is 32.1. The van der Waals surface area contributed by atoms with Gasteiger partial charge in [-0.3, -0.25) is 10.3 Å². The van der Waals surface area contributed by atoms with Crippen LogP contribution in [0.3, 0.4) is 0 Å². The highest BCUT2D eigenvalue weighted by Crippen LogP contribution is 2.21. The Morgan fingerprint density at radius 3 is 3.07 bits per heavy atom. The van der Waals surface area contributed by atoms with Crippen LogP contribution in [-0.4, -0.2) is 27.7 Å². The van der Waals surface area contributed by atoms with Crippen LogP contribution in [0.2, 0.25) is 0 Å². The Balaban J connectivity index is 1.95. The first-order valence-electron chi connectivity index (χ1n) is 5.32. The summed E-state index contributed by atoms with van der Waals surface area (Å²) in [5, 5.41) is 9.76. The molecule has 84 valence electrons. The van der Waals surface area contributed by atoms with Gasteiger partial charge in [0.2, 0.25) is 5.13 Å². The van der Waals surface area contributed by atoms with Crippen LogP contribution in [0.25, 0.3) is 0 Å². The monoisotopic (exact) mass is 227 g/mol. The topological polar surface area (TPSA) is 67.1 Å². The van der Waals surface area contributed by atoms with Crippen molar-refractivity contribution in [2.45, 2.75) is 38.8 Å². The molecule has 6 heteroatoms. The van der Waals surface area contributed by atoms with Gasteiger partial charge in [-0.2, -0.15) is 0 Å². The molecule has 0 bridgehead atoms. The first kappa shape index (κ1) is 10.8. The number of anilines is 1. The normalized spacial score (nSPS) is 22.9. The van der Waals surface area contributed by atoms with Gasteiger partial charge in [0.15, 0.2) is 0 Å². The highest BCUT2D eigenvalue weighted by Gasteiger charge is 2.19. The molecular formula is C9H17N5S. The van der Waals surface area contributed by atoms with E-state index in [-0.39, 0.29) is 0 Å². The summed E-state index contributed by atoms with van der Waals surface area (Å²) in [5.41, 5.74) is 2.52. The number of aromatic nitrogens is 2. The summed E-state index contributed by atoms with van der Waals surface area (Å²) in [6.45, 7) is 4.36. The maximum atomic E-state index is 5.27. The minimum absolute atomic E-state index is 0.664. The quantitative estimate of drug-likeness (QED) is 0.600. The molecule has 0 spiro atoms. The molecule has 15 heavy (non-hydrogen) atoms. The summed E-state index contributed by atoms with van der Waals surface area (Å²) in [4.78, 5) is 2.46. The summed E-state index contributed by atoms with van der Waals surface area (Å²) in [5.74, 6) is 5.27. The molecule has 1 aliphatic heterocycles. The Morgan fingerprint density at radius 1 is 1.53 bits per heavy atom. The average Bonchev–Trinajstić information content (AvgIpc) is 2.69. The molecule has 1 aromatic rings. The minimum atomic E-state index is 0.664. The van der Waals surface area contributed by atoms with E-state index < -0.39 is 0 Å². The Kier molecular flexibility index (Phi) is 3.50. The van der Waals surface area contributed by atoms with Crippen LogP contribution in [0, 0.1) is 0 Å². The van der Waals surface area contributed by atoms with Gasteiger partial charge >= 0.3 is 0 Å². The van der Waals surface area contributed by atoms with Crippen molar-refractivity contribution < 1.29 is 0 Å². The van der Waals surface area contributed by atoms with Gasteiger partial charge in [-0.15, -0.1) is 10.2 Å². The maximum absolute atomic E-state index is 5.27. The second kappa shape index (κ2) is 4.87. The van der Waals surface area contributed by atoms with Gasteiger partial charge in [0.1, 0.15) is 5.01 Å². The number of nitrogen functional groups attached to an aromatic ring is 1. The number of hydrogen-bond acceptors (Lipinski definition) is 6. The predicted octanol–water partition coefficient (Wildman–Crippen LogP) is 1.20. The van der Waals surface area contributed by atoms with Crippen LogP contribution in [0.15, 0.2) is 0 Å². The molecule has 2 rings (SSSR count). The predicted molar refractivity (Wildman–Crippen MR) is 61.4 cm³/mol. The van der Waals surface area contributed by atoms with Crippen molar-refractivity contribution >= 4 is 16.5 Å². The molecule has 5 nitrogen and oxygen atoms in total. The third-order valence-electron chi connectivity index (χ3n) is 2.87. The molecule has 1 unspecified atom stereocenters. The number of likely N-dealkylation sites (tertiary alicyclic amines) is 1. The molecule has 0 saturated carbocycles. The van der Waals surface area contributed by atoms with Crippen LogP contribution >= 0.6 is 11.3 Å². The van der Waals surface area contributed by atoms with Crippen LogP contribution in [0.5, 0.6) is 0 Å². The van der Waals surface area contributed by atoms with E-state index in [1.54, 1.807) is 0 Å². The van der Waals surface area contributed by atoms with Crippen LogP contribution in [0.4, 0.5) is 5.13 Å². The van der Waals surface area contributed by atoms with Crippen molar-refractivity contribution in [1.29, 1.82) is 0 Å². The molecule has 0 aliphatic carbocycles. The van der Waals surface area contributed by atoms with Crippen molar-refractivity contribution in [3.63, 3.8) is 0 Å². The average molecular weight is 227 g/mol. The van der Waals surface area contributed by atoms with Gasteiger partial charge in [-0.1, -0.05) is 17.8 Å². The van der Waals surface area contributed by atoms with Gasteiger partial charge in [0, 0.05) is 6.04 Å². The van der Waals surface area contributed by atoms with E-state index in [4.69, 9.17) is 5.84 Å². The molecular weight excluding hydrogens is 210 g/mol. The summed E-state index contributed by atoms with van der Waals surface area (Å²) < 4.78 is 0. The Labute approximate surface area is 93.6 Å². The number of nitrogens with two attached hydrogens (primary N) is 1. The fraction of sp³-hybridized carbons (Fsp3) is 0.778. The second-order valence-electron chi connectivity index (χ2n) is 3.96. The smallest absolute Gasteiger partial charge is 0.219 e. The maximum Gasteiger partial charge on any atom is 0.219 e. The molecule has 1 aliphatic rings. The number of nitrogens with zero attached hydrogens (tertiary/aromatic N) is 3. The molecule has 0 amide bonds. The summed E-state index contributed by atoms with van der Waals surface area (Å²) >= 11 is 1.53. The standard InChI is InChI=1S/C9H17N5S/c1-7-4-2-3-5-14(7)6-8-12-13-9(11-10)15-8/h7H,2-6,10H2,1H3,(H,11,13). The first-order chi connectivity index (χ1) is 7.29. The molecule has 0 radical (unpaired) electrons.